The normalized spacial score (nSPS) is 13.7. The molecule has 0 saturated carbocycles. The fraction of sp³-hybridized carbons (Fsp3) is 0.412. The molecule has 0 spiro atoms. The molecule has 1 N–H and O–H groups in total. The van der Waals surface area contributed by atoms with Gasteiger partial charge >= 0.3 is 0 Å². The monoisotopic (exact) mass is 315 g/mol. The van der Waals surface area contributed by atoms with Crippen molar-refractivity contribution >= 4 is 5.91 Å². The van der Waals surface area contributed by atoms with Crippen molar-refractivity contribution in [1.29, 1.82) is 0 Å². The zero-order valence-corrected chi connectivity index (χ0v) is 13.4. The first-order chi connectivity index (χ1) is 11.1. The minimum atomic E-state index is -0.135. The molecule has 6 nitrogen and oxygen atoms in total. The average molecular weight is 315 g/mol. The summed E-state index contributed by atoms with van der Waals surface area (Å²) in [6.45, 7) is 5.79. The Labute approximate surface area is 135 Å². The van der Waals surface area contributed by atoms with Gasteiger partial charge in [-0.1, -0.05) is 6.07 Å². The number of hydrogen-bond acceptors (Lipinski definition) is 4. The van der Waals surface area contributed by atoms with Crippen LogP contribution >= 0.6 is 0 Å². The largest absolute Gasteiger partial charge is 0.490 e. The third-order valence-corrected chi connectivity index (χ3v) is 3.66. The lowest BCUT2D eigenvalue weighted by Crippen LogP contribution is -2.22. The van der Waals surface area contributed by atoms with Crippen molar-refractivity contribution in [2.45, 2.75) is 32.9 Å². The average Bonchev–Trinajstić information content (AvgIpc) is 2.93. The van der Waals surface area contributed by atoms with Gasteiger partial charge in [0.1, 0.15) is 0 Å². The Morgan fingerprint density at radius 2 is 2.09 bits per heavy atom. The number of carbonyl (C=O) groups excluding carboxylic acids is 1. The molecule has 2 heterocycles. The van der Waals surface area contributed by atoms with Crippen LogP contribution < -0.4 is 14.8 Å². The Morgan fingerprint density at radius 1 is 1.30 bits per heavy atom. The Balaban J connectivity index is 1.63. The summed E-state index contributed by atoms with van der Waals surface area (Å²) in [4.78, 5) is 12.2. The van der Waals surface area contributed by atoms with Crippen LogP contribution in [0.3, 0.4) is 0 Å². The summed E-state index contributed by atoms with van der Waals surface area (Å²) in [6, 6.07) is 5.97. The van der Waals surface area contributed by atoms with E-state index in [9.17, 15) is 4.79 Å². The Morgan fingerprint density at radius 3 is 2.83 bits per heavy atom. The quantitative estimate of drug-likeness (QED) is 0.941. The second kappa shape index (κ2) is 6.73. The molecule has 6 heteroatoms. The van der Waals surface area contributed by atoms with Gasteiger partial charge in [-0.3, -0.25) is 9.48 Å². The highest BCUT2D eigenvalue weighted by Gasteiger charge is 2.12. The van der Waals surface area contributed by atoms with Gasteiger partial charge in [-0.05, 0) is 31.5 Å². The summed E-state index contributed by atoms with van der Waals surface area (Å²) in [6.07, 6.45) is 4.22. The van der Waals surface area contributed by atoms with Crippen molar-refractivity contribution in [3.8, 4) is 11.5 Å². The maximum atomic E-state index is 12.2. The summed E-state index contributed by atoms with van der Waals surface area (Å²) in [7, 11) is 0. The van der Waals surface area contributed by atoms with E-state index in [0.29, 0.717) is 25.3 Å². The lowest BCUT2D eigenvalue weighted by molar-refractivity contribution is 0.0950. The minimum absolute atomic E-state index is 0.135. The number of ether oxygens (including phenoxy) is 2. The summed E-state index contributed by atoms with van der Waals surface area (Å²) < 4.78 is 13.0. The van der Waals surface area contributed by atoms with Crippen LogP contribution in [-0.2, 0) is 6.54 Å². The van der Waals surface area contributed by atoms with Crippen molar-refractivity contribution in [3.63, 3.8) is 0 Å². The van der Waals surface area contributed by atoms with Gasteiger partial charge in [0.15, 0.2) is 11.5 Å². The van der Waals surface area contributed by atoms with Gasteiger partial charge in [-0.15, -0.1) is 0 Å². The number of hydrogen-bond donors (Lipinski definition) is 1. The van der Waals surface area contributed by atoms with E-state index in [-0.39, 0.29) is 11.9 Å². The number of nitrogens with zero attached hydrogens (tertiary/aromatic N) is 2. The lowest BCUT2D eigenvalue weighted by atomic mass is 10.2. The van der Waals surface area contributed by atoms with E-state index < -0.39 is 0 Å². The predicted octanol–water partition coefficient (Wildman–Crippen LogP) is 2.56. The predicted molar refractivity (Wildman–Crippen MR) is 85.8 cm³/mol. The second-order valence-corrected chi connectivity index (χ2v) is 5.82. The van der Waals surface area contributed by atoms with Crippen LogP contribution in [0.15, 0.2) is 30.6 Å². The van der Waals surface area contributed by atoms with Gasteiger partial charge in [0.2, 0.25) is 0 Å². The van der Waals surface area contributed by atoms with Crippen molar-refractivity contribution in [2.24, 2.45) is 0 Å². The van der Waals surface area contributed by atoms with Gasteiger partial charge in [0, 0.05) is 25.2 Å². The highest BCUT2D eigenvalue weighted by Crippen LogP contribution is 2.30. The number of fused-ring (bicyclic) bond motifs is 1. The van der Waals surface area contributed by atoms with Crippen LogP contribution in [0.1, 0.15) is 42.2 Å². The van der Waals surface area contributed by atoms with E-state index in [2.05, 4.69) is 10.4 Å². The molecule has 122 valence electrons. The van der Waals surface area contributed by atoms with Crippen LogP contribution in [0, 0.1) is 0 Å². The smallest absolute Gasteiger partial charge is 0.254 e. The molecule has 2 aromatic rings. The molecule has 1 aliphatic rings. The van der Waals surface area contributed by atoms with Crippen LogP contribution in [0.25, 0.3) is 0 Å². The number of nitrogens with one attached hydrogen (secondary N) is 1. The van der Waals surface area contributed by atoms with Gasteiger partial charge in [0.25, 0.3) is 5.91 Å². The molecule has 1 amide bonds. The Bertz CT molecular complexity index is 694. The molecule has 0 aliphatic carbocycles. The van der Waals surface area contributed by atoms with Gasteiger partial charge < -0.3 is 14.8 Å². The van der Waals surface area contributed by atoms with Crippen LogP contribution in [-0.4, -0.2) is 28.9 Å². The number of carbonyl (C=O) groups is 1. The van der Waals surface area contributed by atoms with E-state index in [1.54, 1.807) is 17.1 Å². The number of benzene rings is 1. The van der Waals surface area contributed by atoms with E-state index in [1.165, 1.54) is 0 Å². The van der Waals surface area contributed by atoms with Gasteiger partial charge in [0.05, 0.1) is 25.0 Å². The number of rotatable bonds is 4. The van der Waals surface area contributed by atoms with E-state index in [0.717, 1.165) is 23.5 Å². The van der Waals surface area contributed by atoms with Gasteiger partial charge in [-0.25, -0.2) is 0 Å². The Kier molecular flexibility index (Phi) is 4.50. The van der Waals surface area contributed by atoms with Crippen LogP contribution in [0.5, 0.6) is 11.5 Å². The molecular formula is C17H21N3O3. The zero-order valence-electron chi connectivity index (χ0n) is 13.4. The van der Waals surface area contributed by atoms with Crippen molar-refractivity contribution in [1.82, 2.24) is 15.1 Å². The van der Waals surface area contributed by atoms with Gasteiger partial charge in [-0.2, -0.15) is 5.10 Å². The van der Waals surface area contributed by atoms with Crippen molar-refractivity contribution in [3.05, 3.63) is 41.7 Å². The molecule has 1 aromatic heterocycles. The van der Waals surface area contributed by atoms with E-state index in [4.69, 9.17) is 9.47 Å². The maximum Gasteiger partial charge on any atom is 0.254 e. The fourth-order valence-corrected chi connectivity index (χ4v) is 2.34. The number of aromatic nitrogens is 2. The second-order valence-electron chi connectivity index (χ2n) is 5.82. The first-order valence-corrected chi connectivity index (χ1v) is 7.84. The first-order valence-electron chi connectivity index (χ1n) is 7.84. The maximum absolute atomic E-state index is 12.2. The number of amides is 1. The van der Waals surface area contributed by atoms with E-state index in [1.807, 2.05) is 32.0 Å². The summed E-state index contributed by atoms with van der Waals surface area (Å²) in [5, 5.41) is 7.08. The molecule has 1 aromatic carbocycles. The van der Waals surface area contributed by atoms with Crippen LogP contribution in [0.4, 0.5) is 0 Å². The standard InChI is InChI=1S/C17H21N3O3/c1-12(2)20-11-14(10-19-20)17(21)18-9-13-4-5-15-16(8-13)23-7-3-6-22-15/h4-5,8,10-12H,3,6-7,9H2,1-2H3,(H,18,21). The minimum Gasteiger partial charge on any atom is -0.490 e. The molecule has 23 heavy (non-hydrogen) atoms. The summed E-state index contributed by atoms with van der Waals surface area (Å²) in [5.74, 6) is 1.36. The zero-order chi connectivity index (χ0) is 16.2. The SMILES string of the molecule is CC(C)n1cc(C(=O)NCc2ccc3c(c2)OCCCO3)cn1. The van der Waals surface area contributed by atoms with Crippen molar-refractivity contribution < 1.29 is 14.3 Å². The van der Waals surface area contributed by atoms with Crippen molar-refractivity contribution in [2.75, 3.05) is 13.2 Å². The third kappa shape index (κ3) is 3.64. The summed E-state index contributed by atoms with van der Waals surface area (Å²) >= 11 is 0. The highest BCUT2D eigenvalue weighted by molar-refractivity contribution is 5.93. The summed E-state index contributed by atoms with van der Waals surface area (Å²) in [5.41, 5.74) is 1.53. The highest BCUT2D eigenvalue weighted by atomic mass is 16.5. The van der Waals surface area contributed by atoms with E-state index >= 15 is 0 Å². The molecule has 0 unspecified atom stereocenters. The molecular weight excluding hydrogens is 294 g/mol. The topological polar surface area (TPSA) is 65.4 Å². The molecule has 0 radical (unpaired) electrons. The molecule has 0 atom stereocenters. The third-order valence-electron chi connectivity index (χ3n) is 3.66. The first kappa shape index (κ1) is 15.4. The molecule has 0 saturated heterocycles. The molecule has 0 bridgehead atoms. The lowest BCUT2D eigenvalue weighted by Gasteiger charge is -2.10. The molecule has 0 fully saturated rings. The van der Waals surface area contributed by atoms with Crippen LogP contribution in [0.2, 0.25) is 0 Å². The molecule has 1 aliphatic heterocycles. The Hall–Kier alpha value is -2.50. The molecule has 3 rings (SSSR count). The fourth-order valence-electron chi connectivity index (χ4n) is 2.34.